The van der Waals surface area contributed by atoms with E-state index in [4.69, 9.17) is 4.98 Å². The summed E-state index contributed by atoms with van der Waals surface area (Å²) in [4.78, 5) is 28.9. The van der Waals surface area contributed by atoms with E-state index in [2.05, 4.69) is 26.3 Å². The van der Waals surface area contributed by atoms with Crippen LogP contribution in [0.2, 0.25) is 0 Å². The number of benzene rings is 1. The molecular formula is C28H29N5O3S. The van der Waals surface area contributed by atoms with Gasteiger partial charge in [0, 0.05) is 54.8 Å². The van der Waals surface area contributed by atoms with Gasteiger partial charge in [-0.25, -0.2) is 13.4 Å². The summed E-state index contributed by atoms with van der Waals surface area (Å²) >= 11 is 0. The molecule has 1 saturated heterocycles. The zero-order chi connectivity index (χ0) is 26.0. The topological polar surface area (TPSA) is 105 Å². The van der Waals surface area contributed by atoms with Gasteiger partial charge in [0.2, 0.25) is 0 Å². The Labute approximate surface area is 216 Å². The van der Waals surface area contributed by atoms with Crippen LogP contribution in [0, 0.1) is 6.92 Å². The number of carbonyl (C=O) groups is 1. The van der Waals surface area contributed by atoms with Gasteiger partial charge in [-0.1, -0.05) is 12.1 Å². The van der Waals surface area contributed by atoms with Gasteiger partial charge in [-0.2, -0.15) is 0 Å². The lowest BCUT2D eigenvalue weighted by atomic mass is 9.92. The number of anilines is 1. The largest absolute Gasteiger partial charge is 0.356 e. The van der Waals surface area contributed by atoms with Gasteiger partial charge in [0.25, 0.3) is 5.91 Å². The Balaban J connectivity index is 1.30. The maximum Gasteiger partial charge on any atom is 0.251 e. The van der Waals surface area contributed by atoms with Gasteiger partial charge in [-0.05, 0) is 67.3 Å². The molecule has 190 valence electrons. The van der Waals surface area contributed by atoms with Crippen LogP contribution in [0.1, 0.15) is 45.9 Å². The molecule has 1 amide bonds. The Morgan fingerprint density at radius 2 is 2.00 bits per heavy atom. The van der Waals surface area contributed by atoms with Crippen LogP contribution in [0.25, 0.3) is 10.9 Å². The minimum Gasteiger partial charge on any atom is -0.356 e. The van der Waals surface area contributed by atoms with E-state index in [9.17, 15) is 13.2 Å². The van der Waals surface area contributed by atoms with Crippen LogP contribution >= 0.6 is 0 Å². The molecule has 0 unspecified atom stereocenters. The number of fused-ring (bicyclic) bond motifs is 1. The van der Waals surface area contributed by atoms with Crippen molar-refractivity contribution in [2.45, 2.75) is 37.1 Å². The Morgan fingerprint density at radius 1 is 1.14 bits per heavy atom. The number of carbonyl (C=O) groups excluding carboxylic acids is 1. The normalized spacial score (nSPS) is 16.1. The summed E-state index contributed by atoms with van der Waals surface area (Å²) in [5.74, 6) is 0.992. The standard InChI is InChI=1S/C28H29N5O3S/c1-19-7-8-20(13-26(19)37(2,35)36)28(34)31-17-24-14-25-22(16-30-24)9-10-27(32-25)33-12-4-6-23(18-33)21-5-3-11-29-15-21/h3,5,7-11,13-16,23H,4,6,12,17-18H2,1-2H3,(H,31,34)/t23-/m0/s1. The van der Waals surface area contributed by atoms with Crippen LogP contribution in [0.3, 0.4) is 0 Å². The molecule has 0 aliphatic carbocycles. The maximum atomic E-state index is 12.7. The van der Waals surface area contributed by atoms with Crippen molar-refractivity contribution < 1.29 is 13.2 Å². The van der Waals surface area contributed by atoms with Crippen molar-refractivity contribution in [3.63, 3.8) is 0 Å². The van der Waals surface area contributed by atoms with E-state index < -0.39 is 9.84 Å². The Bertz CT molecular complexity index is 1560. The fourth-order valence-electron chi connectivity index (χ4n) is 4.81. The van der Waals surface area contributed by atoms with E-state index in [0.717, 1.165) is 48.9 Å². The molecule has 1 aliphatic rings. The fourth-order valence-corrected chi connectivity index (χ4v) is 5.80. The van der Waals surface area contributed by atoms with Crippen molar-refractivity contribution in [3.8, 4) is 0 Å². The van der Waals surface area contributed by atoms with Gasteiger partial charge in [-0.15, -0.1) is 0 Å². The first kappa shape index (κ1) is 24.8. The monoisotopic (exact) mass is 515 g/mol. The number of rotatable bonds is 6. The van der Waals surface area contributed by atoms with Crippen LogP contribution in [-0.2, 0) is 16.4 Å². The van der Waals surface area contributed by atoms with E-state index in [1.807, 2.05) is 30.5 Å². The Morgan fingerprint density at radius 3 is 2.78 bits per heavy atom. The average molecular weight is 516 g/mol. The van der Waals surface area contributed by atoms with Gasteiger partial charge in [-0.3, -0.25) is 14.8 Å². The number of amides is 1. The predicted octanol–water partition coefficient (Wildman–Crippen LogP) is 4.05. The maximum absolute atomic E-state index is 12.7. The third-order valence-corrected chi connectivity index (χ3v) is 8.04. The highest BCUT2D eigenvalue weighted by molar-refractivity contribution is 7.90. The molecule has 4 aromatic rings. The van der Waals surface area contributed by atoms with E-state index >= 15 is 0 Å². The van der Waals surface area contributed by atoms with Crippen LogP contribution in [-0.4, -0.2) is 48.6 Å². The molecule has 4 heterocycles. The molecule has 1 aliphatic heterocycles. The third kappa shape index (κ3) is 5.61. The molecule has 0 saturated carbocycles. The number of nitrogens with zero attached hydrogens (tertiary/aromatic N) is 4. The summed E-state index contributed by atoms with van der Waals surface area (Å²) in [5, 5.41) is 3.77. The minimum atomic E-state index is -3.42. The lowest BCUT2D eigenvalue weighted by molar-refractivity contribution is 0.0950. The molecule has 5 rings (SSSR count). The zero-order valence-corrected chi connectivity index (χ0v) is 21.7. The van der Waals surface area contributed by atoms with Crippen molar-refractivity contribution >= 4 is 32.5 Å². The second-order valence-electron chi connectivity index (χ2n) is 9.54. The lowest BCUT2D eigenvalue weighted by Crippen LogP contribution is -2.34. The Kier molecular flexibility index (Phi) is 6.88. The summed E-state index contributed by atoms with van der Waals surface area (Å²) in [6.07, 6.45) is 8.88. The van der Waals surface area contributed by atoms with Crippen molar-refractivity contribution in [1.82, 2.24) is 20.3 Å². The van der Waals surface area contributed by atoms with Crippen LogP contribution in [0.4, 0.5) is 5.82 Å². The van der Waals surface area contributed by atoms with Gasteiger partial charge < -0.3 is 10.2 Å². The van der Waals surface area contributed by atoms with E-state index in [-0.39, 0.29) is 17.3 Å². The fraction of sp³-hybridized carbons (Fsp3) is 0.286. The van der Waals surface area contributed by atoms with E-state index in [1.54, 1.807) is 31.5 Å². The Hall–Kier alpha value is -3.85. The smallest absolute Gasteiger partial charge is 0.251 e. The van der Waals surface area contributed by atoms with Gasteiger partial charge >= 0.3 is 0 Å². The van der Waals surface area contributed by atoms with Crippen LogP contribution < -0.4 is 10.2 Å². The third-order valence-electron chi connectivity index (χ3n) is 6.80. The number of hydrogen-bond donors (Lipinski definition) is 1. The van der Waals surface area contributed by atoms with Crippen molar-refractivity contribution in [2.24, 2.45) is 0 Å². The molecule has 0 spiro atoms. The number of sulfone groups is 1. The number of nitrogens with one attached hydrogen (secondary N) is 1. The first-order chi connectivity index (χ1) is 17.8. The predicted molar refractivity (Wildman–Crippen MR) is 143 cm³/mol. The molecule has 3 aromatic heterocycles. The molecule has 1 aromatic carbocycles. The van der Waals surface area contributed by atoms with Crippen molar-refractivity contribution in [1.29, 1.82) is 0 Å². The van der Waals surface area contributed by atoms with Gasteiger partial charge in [0.1, 0.15) is 5.82 Å². The number of hydrogen-bond acceptors (Lipinski definition) is 7. The summed E-state index contributed by atoms with van der Waals surface area (Å²) in [5.41, 5.74) is 3.65. The number of aryl methyl sites for hydroxylation is 1. The molecule has 37 heavy (non-hydrogen) atoms. The quantitative estimate of drug-likeness (QED) is 0.413. The molecule has 9 heteroatoms. The van der Waals surface area contributed by atoms with Crippen molar-refractivity contribution in [2.75, 3.05) is 24.2 Å². The molecule has 8 nitrogen and oxygen atoms in total. The molecule has 1 fully saturated rings. The van der Waals surface area contributed by atoms with E-state index in [0.29, 0.717) is 22.7 Å². The second-order valence-corrected chi connectivity index (χ2v) is 11.5. The second kappa shape index (κ2) is 10.3. The van der Waals surface area contributed by atoms with Crippen LogP contribution in [0.15, 0.2) is 72.0 Å². The van der Waals surface area contributed by atoms with Gasteiger partial charge in [0.05, 0.1) is 22.7 Å². The SMILES string of the molecule is Cc1ccc(C(=O)NCc2cc3nc(N4CCC[C@H](c5cccnc5)C4)ccc3cn2)cc1S(C)(=O)=O. The number of aromatic nitrogens is 3. The first-order valence-corrected chi connectivity index (χ1v) is 14.2. The number of piperidine rings is 1. The number of pyridine rings is 3. The highest BCUT2D eigenvalue weighted by Crippen LogP contribution is 2.29. The summed E-state index contributed by atoms with van der Waals surface area (Å²) in [6.45, 7) is 3.76. The summed E-state index contributed by atoms with van der Waals surface area (Å²) in [7, 11) is -3.42. The summed E-state index contributed by atoms with van der Waals surface area (Å²) in [6, 6.07) is 14.8. The molecular weight excluding hydrogens is 486 g/mol. The lowest BCUT2D eigenvalue weighted by Gasteiger charge is -2.33. The van der Waals surface area contributed by atoms with Crippen LogP contribution in [0.5, 0.6) is 0 Å². The molecule has 1 N–H and O–H groups in total. The van der Waals surface area contributed by atoms with E-state index in [1.165, 1.54) is 11.6 Å². The van der Waals surface area contributed by atoms with Crippen molar-refractivity contribution in [3.05, 3.63) is 89.5 Å². The molecule has 0 radical (unpaired) electrons. The minimum absolute atomic E-state index is 0.157. The molecule has 1 atom stereocenters. The zero-order valence-electron chi connectivity index (χ0n) is 20.9. The average Bonchev–Trinajstić information content (AvgIpc) is 2.91. The highest BCUT2D eigenvalue weighted by atomic mass is 32.2. The molecule has 0 bridgehead atoms. The summed E-state index contributed by atoms with van der Waals surface area (Å²) < 4.78 is 24.0. The van der Waals surface area contributed by atoms with Gasteiger partial charge in [0.15, 0.2) is 9.84 Å². The first-order valence-electron chi connectivity index (χ1n) is 12.3. The highest BCUT2D eigenvalue weighted by Gasteiger charge is 2.22.